The monoisotopic (exact) mass is 407 g/mol. The minimum Gasteiger partial charge on any atom is -0.357 e. The van der Waals surface area contributed by atoms with Crippen molar-refractivity contribution in [1.29, 1.82) is 0 Å². The van der Waals surface area contributed by atoms with Gasteiger partial charge in [-0.2, -0.15) is 11.8 Å². The molecule has 160 valence electrons. The fourth-order valence-corrected chi connectivity index (χ4v) is 6.31. The third-order valence-electron chi connectivity index (χ3n) is 7.28. The van der Waals surface area contributed by atoms with Crippen molar-refractivity contribution in [2.75, 3.05) is 50.8 Å². The minimum absolute atomic E-state index is 0.316. The van der Waals surface area contributed by atoms with Gasteiger partial charge in [-0.25, -0.2) is 0 Å². The maximum Gasteiger partial charge on any atom is 0.191 e. The largest absolute Gasteiger partial charge is 0.357 e. The highest BCUT2D eigenvalue weighted by Crippen LogP contribution is 2.35. The highest BCUT2D eigenvalue weighted by atomic mass is 32.2. The Morgan fingerprint density at radius 2 is 1.71 bits per heavy atom. The van der Waals surface area contributed by atoms with Gasteiger partial charge in [0.25, 0.3) is 0 Å². The van der Waals surface area contributed by atoms with Crippen molar-refractivity contribution in [2.45, 2.75) is 82.3 Å². The van der Waals surface area contributed by atoms with Gasteiger partial charge in [-0.1, -0.05) is 19.3 Å². The maximum absolute atomic E-state index is 5.18. The fraction of sp³-hybridized carbons (Fsp3) is 0.955. The molecule has 0 aromatic heterocycles. The van der Waals surface area contributed by atoms with Crippen molar-refractivity contribution in [2.24, 2.45) is 4.99 Å². The molecule has 0 aromatic rings. The van der Waals surface area contributed by atoms with Gasteiger partial charge in [-0.15, -0.1) is 0 Å². The highest BCUT2D eigenvalue weighted by Gasteiger charge is 2.38. The maximum atomic E-state index is 5.18. The molecule has 2 heterocycles. The summed E-state index contributed by atoms with van der Waals surface area (Å²) in [7, 11) is 0. The van der Waals surface area contributed by atoms with E-state index >= 15 is 0 Å². The van der Waals surface area contributed by atoms with Gasteiger partial charge in [-0.05, 0) is 45.4 Å². The highest BCUT2D eigenvalue weighted by molar-refractivity contribution is 7.99. The van der Waals surface area contributed by atoms with Crippen LogP contribution in [0, 0.1) is 0 Å². The van der Waals surface area contributed by atoms with E-state index in [2.05, 4.69) is 39.1 Å². The van der Waals surface area contributed by atoms with Crippen LogP contribution in [0.15, 0.2) is 4.99 Å². The van der Waals surface area contributed by atoms with Crippen molar-refractivity contribution >= 4 is 17.7 Å². The van der Waals surface area contributed by atoms with Gasteiger partial charge in [0.05, 0.1) is 6.54 Å². The van der Waals surface area contributed by atoms with Crippen LogP contribution in [0.25, 0.3) is 0 Å². The molecule has 0 aromatic carbocycles. The molecule has 4 fully saturated rings. The van der Waals surface area contributed by atoms with E-state index in [1.165, 1.54) is 95.5 Å². The van der Waals surface area contributed by atoms with E-state index in [1.54, 1.807) is 0 Å². The lowest BCUT2D eigenvalue weighted by Crippen LogP contribution is -2.56. The summed E-state index contributed by atoms with van der Waals surface area (Å²) in [4.78, 5) is 10.7. The predicted octanol–water partition coefficient (Wildman–Crippen LogP) is 2.92. The van der Waals surface area contributed by atoms with Crippen molar-refractivity contribution < 1.29 is 0 Å². The quantitative estimate of drug-likeness (QED) is 0.523. The summed E-state index contributed by atoms with van der Waals surface area (Å²) in [5, 5.41) is 7.32. The molecule has 2 saturated carbocycles. The summed E-state index contributed by atoms with van der Waals surface area (Å²) in [5.41, 5.74) is 0.316. The van der Waals surface area contributed by atoms with Crippen molar-refractivity contribution in [3.8, 4) is 0 Å². The van der Waals surface area contributed by atoms with Crippen LogP contribution in [-0.2, 0) is 0 Å². The van der Waals surface area contributed by atoms with Gasteiger partial charge in [0.2, 0.25) is 0 Å². The SMILES string of the molecule is CCNC(=NCC1(N2CCSCC2)CCCCC1)NC1CCN(C2CC2)CC1. The second-order valence-electron chi connectivity index (χ2n) is 9.27. The average molecular weight is 408 g/mol. The molecule has 0 radical (unpaired) electrons. The Labute approximate surface area is 176 Å². The number of likely N-dealkylation sites (tertiary alicyclic amines) is 1. The van der Waals surface area contributed by atoms with Crippen LogP contribution in [-0.4, -0.2) is 84.2 Å². The Balaban J connectivity index is 1.36. The normalized spacial score (nSPS) is 28.2. The molecule has 2 N–H and O–H groups in total. The van der Waals surface area contributed by atoms with E-state index in [1.807, 2.05) is 0 Å². The second kappa shape index (κ2) is 10.0. The first-order valence-electron chi connectivity index (χ1n) is 11.9. The summed E-state index contributed by atoms with van der Waals surface area (Å²) in [6.45, 7) is 9.13. The van der Waals surface area contributed by atoms with Gasteiger partial charge >= 0.3 is 0 Å². The zero-order chi connectivity index (χ0) is 19.2. The van der Waals surface area contributed by atoms with Crippen LogP contribution in [0.4, 0.5) is 0 Å². The number of nitrogens with zero attached hydrogens (tertiary/aromatic N) is 3. The molecule has 0 amide bonds. The Kier molecular flexibility index (Phi) is 7.45. The van der Waals surface area contributed by atoms with Crippen LogP contribution in [0.5, 0.6) is 0 Å². The lowest BCUT2D eigenvalue weighted by atomic mass is 9.80. The molecule has 0 unspecified atom stereocenters. The van der Waals surface area contributed by atoms with Crippen LogP contribution < -0.4 is 10.6 Å². The molecule has 0 bridgehead atoms. The van der Waals surface area contributed by atoms with Crippen molar-refractivity contribution in [3.05, 3.63) is 0 Å². The Morgan fingerprint density at radius 3 is 2.36 bits per heavy atom. The molecule has 2 aliphatic carbocycles. The summed E-state index contributed by atoms with van der Waals surface area (Å²) in [6.07, 6.45) is 12.2. The topological polar surface area (TPSA) is 42.9 Å². The third kappa shape index (κ3) is 5.37. The van der Waals surface area contributed by atoms with Crippen LogP contribution in [0.3, 0.4) is 0 Å². The predicted molar refractivity (Wildman–Crippen MR) is 121 cm³/mol. The molecular formula is C22H41N5S. The number of guanidine groups is 1. The first kappa shape index (κ1) is 20.8. The minimum atomic E-state index is 0.316. The summed E-state index contributed by atoms with van der Waals surface area (Å²) >= 11 is 2.12. The number of hydrogen-bond acceptors (Lipinski definition) is 4. The number of aliphatic imine (C=N–C) groups is 1. The van der Waals surface area contributed by atoms with E-state index in [-0.39, 0.29) is 0 Å². The van der Waals surface area contributed by atoms with Gasteiger partial charge in [0.15, 0.2) is 5.96 Å². The molecule has 4 aliphatic rings. The number of piperidine rings is 1. The number of rotatable bonds is 6. The zero-order valence-electron chi connectivity index (χ0n) is 17.9. The number of thioether (sulfide) groups is 1. The standard InChI is InChI=1S/C22H41N5S/c1-2-23-21(25-19-8-12-26(13-9-19)20-6-7-20)24-18-22(10-4-3-5-11-22)27-14-16-28-17-15-27/h19-20H,2-18H2,1H3,(H2,23,24,25). The van der Waals surface area contributed by atoms with Crippen LogP contribution in [0.2, 0.25) is 0 Å². The van der Waals surface area contributed by atoms with E-state index in [0.717, 1.165) is 25.1 Å². The van der Waals surface area contributed by atoms with Gasteiger partial charge in [-0.3, -0.25) is 9.89 Å². The Bertz CT molecular complexity index is 501. The first-order chi connectivity index (χ1) is 13.8. The first-order valence-corrected chi connectivity index (χ1v) is 13.1. The molecule has 0 atom stereocenters. The summed E-state index contributed by atoms with van der Waals surface area (Å²) in [5.74, 6) is 3.65. The molecule has 6 heteroatoms. The molecule has 28 heavy (non-hydrogen) atoms. The molecule has 4 rings (SSSR count). The summed E-state index contributed by atoms with van der Waals surface area (Å²) < 4.78 is 0. The van der Waals surface area contributed by atoms with Crippen molar-refractivity contribution in [1.82, 2.24) is 20.4 Å². The van der Waals surface area contributed by atoms with Gasteiger partial charge in [0.1, 0.15) is 0 Å². The molecular weight excluding hydrogens is 366 g/mol. The van der Waals surface area contributed by atoms with E-state index in [4.69, 9.17) is 4.99 Å². The smallest absolute Gasteiger partial charge is 0.191 e. The van der Waals surface area contributed by atoms with Crippen LogP contribution >= 0.6 is 11.8 Å². The second-order valence-corrected chi connectivity index (χ2v) is 10.5. The van der Waals surface area contributed by atoms with E-state index in [9.17, 15) is 0 Å². The van der Waals surface area contributed by atoms with Gasteiger partial charge in [0, 0.05) is 61.9 Å². The molecule has 5 nitrogen and oxygen atoms in total. The lowest BCUT2D eigenvalue weighted by Gasteiger charge is -2.47. The van der Waals surface area contributed by atoms with Crippen LogP contribution in [0.1, 0.15) is 64.7 Å². The van der Waals surface area contributed by atoms with E-state index in [0.29, 0.717) is 11.6 Å². The third-order valence-corrected chi connectivity index (χ3v) is 8.22. The lowest BCUT2D eigenvalue weighted by molar-refractivity contribution is 0.0671. The number of nitrogens with one attached hydrogen (secondary N) is 2. The van der Waals surface area contributed by atoms with Crippen molar-refractivity contribution in [3.63, 3.8) is 0 Å². The Morgan fingerprint density at radius 1 is 1.00 bits per heavy atom. The molecule has 2 aliphatic heterocycles. The van der Waals surface area contributed by atoms with Gasteiger partial charge < -0.3 is 15.5 Å². The summed E-state index contributed by atoms with van der Waals surface area (Å²) in [6, 6.07) is 1.50. The number of hydrogen-bond donors (Lipinski definition) is 2. The average Bonchev–Trinajstić information content (AvgIpc) is 3.60. The molecule has 2 saturated heterocycles. The zero-order valence-corrected chi connectivity index (χ0v) is 18.7. The van der Waals surface area contributed by atoms with E-state index < -0.39 is 0 Å². The molecule has 0 spiro atoms. The Hall–Kier alpha value is -0.460. The fourth-order valence-electron chi connectivity index (χ4n) is 5.41.